The third-order valence-electron chi connectivity index (χ3n) is 2.80. The van der Waals surface area contributed by atoms with Gasteiger partial charge in [-0.2, -0.15) is 0 Å². The molecule has 5 heteroatoms. The maximum Gasteiger partial charge on any atom is 0.171 e. The highest BCUT2D eigenvalue weighted by atomic mass is 79.9. The Morgan fingerprint density at radius 1 is 1.20 bits per heavy atom. The summed E-state index contributed by atoms with van der Waals surface area (Å²) in [7, 11) is 0. The number of benzene rings is 2. The van der Waals surface area contributed by atoms with Crippen molar-refractivity contribution in [3.8, 4) is 0 Å². The molecular formula is C15H14BrClN2S. The summed E-state index contributed by atoms with van der Waals surface area (Å²) in [5, 5.41) is 7.73. The molecule has 2 nitrogen and oxygen atoms in total. The van der Waals surface area contributed by atoms with Crippen molar-refractivity contribution in [2.75, 3.05) is 5.32 Å². The average molecular weight is 370 g/mol. The summed E-state index contributed by atoms with van der Waals surface area (Å²) in [5.74, 6) is 0. The SMILES string of the molecule is C[C@@H](NC(=S)Nc1cccc(Br)c1)c1ccc(Cl)cc1. The zero-order chi connectivity index (χ0) is 14.5. The van der Waals surface area contributed by atoms with E-state index < -0.39 is 0 Å². The van der Waals surface area contributed by atoms with E-state index in [2.05, 4.69) is 33.5 Å². The molecule has 0 aliphatic carbocycles. The Morgan fingerprint density at radius 2 is 1.90 bits per heavy atom. The van der Waals surface area contributed by atoms with Crippen LogP contribution in [0.4, 0.5) is 5.69 Å². The lowest BCUT2D eigenvalue weighted by atomic mass is 10.1. The molecule has 2 N–H and O–H groups in total. The first-order valence-corrected chi connectivity index (χ1v) is 7.71. The first-order valence-electron chi connectivity index (χ1n) is 6.13. The second-order valence-electron chi connectivity index (χ2n) is 4.38. The number of nitrogens with one attached hydrogen (secondary N) is 2. The molecule has 0 aliphatic rings. The van der Waals surface area contributed by atoms with Gasteiger partial charge in [0.05, 0.1) is 6.04 Å². The van der Waals surface area contributed by atoms with Crippen LogP contribution in [0.1, 0.15) is 18.5 Å². The lowest BCUT2D eigenvalue weighted by Gasteiger charge is -2.17. The van der Waals surface area contributed by atoms with Crippen molar-refractivity contribution in [2.45, 2.75) is 13.0 Å². The van der Waals surface area contributed by atoms with E-state index in [4.69, 9.17) is 23.8 Å². The molecule has 104 valence electrons. The molecule has 2 rings (SSSR count). The van der Waals surface area contributed by atoms with Crippen LogP contribution in [0.5, 0.6) is 0 Å². The third kappa shape index (κ3) is 4.47. The Labute approximate surface area is 137 Å². The predicted molar refractivity (Wildman–Crippen MR) is 93.4 cm³/mol. The van der Waals surface area contributed by atoms with Gasteiger partial charge in [-0.25, -0.2) is 0 Å². The van der Waals surface area contributed by atoms with E-state index in [0.29, 0.717) is 5.11 Å². The molecule has 2 aromatic carbocycles. The molecular weight excluding hydrogens is 356 g/mol. The highest BCUT2D eigenvalue weighted by molar-refractivity contribution is 9.10. The number of hydrogen-bond acceptors (Lipinski definition) is 1. The number of thiocarbonyl (C=S) groups is 1. The standard InChI is InChI=1S/C15H14BrClN2S/c1-10(11-5-7-13(17)8-6-11)18-15(20)19-14-4-2-3-12(16)9-14/h2-10H,1H3,(H2,18,19,20)/t10-/m1/s1. The van der Waals surface area contributed by atoms with E-state index in [9.17, 15) is 0 Å². The quantitative estimate of drug-likeness (QED) is 0.732. The van der Waals surface area contributed by atoms with Crippen LogP contribution in [0.2, 0.25) is 5.02 Å². The number of anilines is 1. The molecule has 0 saturated heterocycles. The van der Waals surface area contributed by atoms with E-state index in [1.54, 1.807) is 0 Å². The van der Waals surface area contributed by atoms with Crippen LogP contribution >= 0.6 is 39.7 Å². The lowest BCUT2D eigenvalue weighted by molar-refractivity contribution is 0.723. The molecule has 0 aromatic heterocycles. The molecule has 0 fully saturated rings. The molecule has 20 heavy (non-hydrogen) atoms. The van der Waals surface area contributed by atoms with E-state index >= 15 is 0 Å². The first-order chi connectivity index (χ1) is 9.54. The van der Waals surface area contributed by atoms with Crippen LogP contribution in [0, 0.1) is 0 Å². The molecule has 0 spiro atoms. The number of halogens is 2. The van der Waals surface area contributed by atoms with E-state index in [1.165, 1.54) is 0 Å². The molecule has 0 saturated carbocycles. The van der Waals surface area contributed by atoms with Gasteiger partial charge in [-0.1, -0.05) is 45.7 Å². The molecule has 0 heterocycles. The van der Waals surface area contributed by atoms with Gasteiger partial charge in [0.15, 0.2) is 5.11 Å². The van der Waals surface area contributed by atoms with Gasteiger partial charge in [0.1, 0.15) is 0 Å². The average Bonchev–Trinajstić information content (AvgIpc) is 2.39. The summed E-state index contributed by atoms with van der Waals surface area (Å²) in [6, 6.07) is 15.7. The minimum absolute atomic E-state index is 0.111. The number of rotatable bonds is 3. The van der Waals surface area contributed by atoms with Crippen LogP contribution in [0.3, 0.4) is 0 Å². The fourth-order valence-electron chi connectivity index (χ4n) is 1.76. The van der Waals surface area contributed by atoms with Gasteiger partial charge < -0.3 is 10.6 Å². The minimum atomic E-state index is 0.111. The fraction of sp³-hybridized carbons (Fsp3) is 0.133. The highest BCUT2D eigenvalue weighted by Gasteiger charge is 2.07. The van der Waals surface area contributed by atoms with Gasteiger partial charge in [-0.15, -0.1) is 0 Å². The van der Waals surface area contributed by atoms with Crippen molar-refractivity contribution < 1.29 is 0 Å². The van der Waals surface area contributed by atoms with Crippen LogP contribution in [0.15, 0.2) is 53.0 Å². The van der Waals surface area contributed by atoms with Gasteiger partial charge in [-0.3, -0.25) is 0 Å². The highest BCUT2D eigenvalue weighted by Crippen LogP contribution is 2.18. The summed E-state index contributed by atoms with van der Waals surface area (Å²) in [4.78, 5) is 0. The topological polar surface area (TPSA) is 24.1 Å². The van der Waals surface area contributed by atoms with E-state index in [-0.39, 0.29) is 6.04 Å². The Morgan fingerprint density at radius 3 is 2.55 bits per heavy atom. The smallest absolute Gasteiger partial charge is 0.171 e. The molecule has 0 bridgehead atoms. The maximum absolute atomic E-state index is 5.88. The zero-order valence-electron chi connectivity index (χ0n) is 10.9. The molecule has 2 aromatic rings. The first kappa shape index (κ1) is 15.3. The van der Waals surface area contributed by atoms with E-state index in [1.807, 2.05) is 48.5 Å². The van der Waals surface area contributed by atoms with Gasteiger partial charge in [0.2, 0.25) is 0 Å². The van der Waals surface area contributed by atoms with Crippen LogP contribution in [0.25, 0.3) is 0 Å². The van der Waals surface area contributed by atoms with Gasteiger partial charge in [0, 0.05) is 15.2 Å². The maximum atomic E-state index is 5.88. The summed E-state index contributed by atoms with van der Waals surface area (Å²) in [6.07, 6.45) is 0. The van der Waals surface area contributed by atoms with Crippen molar-refractivity contribution in [1.29, 1.82) is 0 Å². The Hall–Kier alpha value is -1.10. The molecule has 0 amide bonds. The van der Waals surface area contributed by atoms with Gasteiger partial charge >= 0.3 is 0 Å². The van der Waals surface area contributed by atoms with Gasteiger partial charge in [-0.05, 0) is 55.0 Å². The minimum Gasteiger partial charge on any atom is -0.356 e. The zero-order valence-corrected chi connectivity index (χ0v) is 14.0. The number of hydrogen-bond donors (Lipinski definition) is 2. The third-order valence-corrected chi connectivity index (χ3v) is 3.77. The van der Waals surface area contributed by atoms with Gasteiger partial charge in [0.25, 0.3) is 0 Å². The van der Waals surface area contributed by atoms with Crippen molar-refractivity contribution in [2.24, 2.45) is 0 Å². The molecule has 0 unspecified atom stereocenters. The predicted octanol–water partition coefficient (Wildman–Crippen LogP) is 5.15. The Balaban J connectivity index is 1.95. The van der Waals surface area contributed by atoms with Crippen molar-refractivity contribution in [1.82, 2.24) is 5.32 Å². The van der Waals surface area contributed by atoms with Crippen LogP contribution in [-0.2, 0) is 0 Å². The second-order valence-corrected chi connectivity index (χ2v) is 6.14. The summed E-state index contributed by atoms with van der Waals surface area (Å²) in [6.45, 7) is 2.05. The summed E-state index contributed by atoms with van der Waals surface area (Å²) in [5.41, 5.74) is 2.08. The normalized spacial score (nSPS) is 11.8. The van der Waals surface area contributed by atoms with Crippen LogP contribution in [-0.4, -0.2) is 5.11 Å². The monoisotopic (exact) mass is 368 g/mol. The largest absolute Gasteiger partial charge is 0.356 e. The summed E-state index contributed by atoms with van der Waals surface area (Å²) < 4.78 is 1.01. The molecule has 0 radical (unpaired) electrons. The molecule has 0 aliphatic heterocycles. The van der Waals surface area contributed by atoms with Crippen LogP contribution < -0.4 is 10.6 Å². The van der Waals surface area contributed by atoms with Crippen molar-refractivity contribution in [3.63, 3.8) is 0 Å². The lowest BCUT2D eigenvalue weighted by Crippen LogP contribution is -2.30. The fourth-order valence-corrected chi connectivity index (χ4v) is 2.58. The second kappa shape index (κ2) is 7.07. The Bertz CT molecular complexity index is 601. The van der Waals surface area contributed by atoms with Crippen molar-refractivity contribution in [3.05, 3.63) is 63.6 Å². The Kier molecular flexibility index (Phi) is 5.40. The molecule has 1 atom stereocenters. The summed E-state index contributed by atoms with van der Waals surface area (Å²) >= 11 is 14.6. The van der Waals surface area contributed by atoms with E-state index in [0.717, 1.165) is 20.7 Å². The van der Waals surface area contributed by atoms with Crippen molar-refractivity contribution >= 4 is 50.5 Å².